The van der Waals surface area contributed by atoms with Crippen molar-refractivity contribution < 1.29 is 9.76 Å². The Morgan fingerprint density at radius 1 is 1.16 bits per heavy atom. The molecule has 19 heavy (non-hydrogen) atoms. The quantitative estimate of drug-likeness (QED) is 0.533. The van der Waals surface area contributed by atoms with E-state index in [1.165, 1.54) is 23.1 Å². The van der Waals surface area contributed by atoms with Crippen molar-refractivity contribution in [3.63, 3.8) is 0 Å². The first-order chi connectivity index (χ1) is 9.25. The number of aromatic nitrogens is 2. The Kier molecular flexibility index (Phi) is 2.60. The predicted molar refractivity (Wildman–Crippen MR) is 68.9 cm³/mol. The summed E-state index contributed by atoms with van der Waals surface area (Å²) in [4.78, 5) is 19.8. The molecule has 0 N–H and O–H groups in total. The summed E-state index contributed by atoms with van der Waals surface area (Å²) in [7, 11) is 0. The summed E-state index contributed by atoms with van der Waals surface area (Å²) in [5.41, 5.74) is 0.655. The van der Waals surface area contributed by atoms with Gasteiger partial charge in [-0.15, -0.1) is 0 Å². The molecule has 6 nitrogen and oxygen atoms in total. The van der Waals surface area contributed by atoms with Crippen LogP contribution in [-0.4, -0.2) is 14.6 Å². The molecule has 3 aromatic rings. The van der Waals surface area contributed by atoms with Crippen LogP contribution in [0.25, 0.3) is 10.9 Å². The molecule has 2 aromatic heterocycles. The van der Waals surface area contributed by atoms with E-state index < -0.39 is 4.92 Å². The molecular weight excluding hydrogens is 246 g/mol. The zero-order valence-corrected chi connectivity index (χ0v) is 9.76. The Balaban J connectivity index is 2.04. The Labute approximate surface area is 108 Å². The summed E-state index contributed by atoms with van der Waals surface area (Å²) in [6.45, 7) is 0. The average molecular weight is 255 g/mol. The Bertz CT molecular complexity index is 751. The molecule has 0 radical (unpaired) electrons. The van der Waals surface area contributed by atoms with E-state index in [9.17, 15) is 10.1 Å². The highest BCUT2D eigenvalue weighted by Gasteiger charge is 2.17. The minimum atomic E-state index is -0.520. The molecule has 94 valence electrons. The summed E-state index contributed by atoms with van der Waals surface area (Å²) >= 11 is 0. The molecule has 0 fully saturated rings. The standard InChI is InChI=1S/C13H9N3O3/c17-16(18)12-6-3-8-14-13(12)19-15-9-7-10-4-1-2-5-11(10)15/h1-9H. The van der Waals surface area contributed by atoms with Gasteiger partial charge in [0.05, 0.1) is 10.4 Å². The second kappa shape index (κ2) is 4.41. The zero-order valence-electron chi connectivity index (χ0n) is 9.76. The van der Waals surface area contributed by atoms with Crippen molar-refractivity contribution in [2.75, 3.05) is 0 Å². The van der Waals surface area contributed by atoms with E-state index in [-0.39, 0.29) is 11.6 Å². The third-order valence-electron chi connectivity index (χ3n) is 2.70. The molecule has 0 aliphatic heterocycles. The fraction of sp³-hybridized carbons (Fsp3) is 0. The number of hydrogen-bond acceptors (Lipinski definition) is 4. The number of pyridine rings is 1. The van der Waals surface area contributed by atoms with Gasteiger partial charge in [0.1, 0.15) is 0 Å². The lowest BCUT2D eigenvalue weighted by molar-refractivity contribution is -0.386. The average Bonchev–Trinajstić information content (AvgIpc) is 2.83. The van der Waals surface area contributed by atoms with Gasteiger partial charge in [0.15, 0.2) is 0 Å². The van der Waals surface area contributed by atoms with Crippen molar-refractivity contribution >= 4 is 16.6 Å². The zero-order chi connectivity index (χ0) is 13.2. The van der Waals surface area contributed by atoms with Crippen LogP contribution >= 0.6 is 0 Å². The number of nitro groups is 1. The fourth-order valence-corrected chi connectivity index (χ4v) is 1.82. The van der Waals surface area contributed by atoms with Gasteiger partial charge < -0.3 is 4.84 Å². The number of rotatable bonds is 3. The Morgan fingerprint density at radius 2 is 2.00 bits per heavy atom. The van der Waals surface area contributed by atoms with E-state index in [4.69, 9.17) is 4.84 Å². The van der Waals surface area contributed by atoms with Crippen LogP contribution in [-0.2, 0) is 0 Å². The molecule has 0 saturated carbocycles. The molecule has 0 aliphatic rings. The maximum atomic E-state index is 10.9. The lowest BCUT2D eigenvalue weighted by Gasteiger charge is -2.06. The van der Waals surface area contributed by atoms with E-state index in [1.807, 2.05) is 30.3 Å². The Hall–Kier alpha value is -2.89. The van der Waals surface area contributed by atoms with Crippen molar-refractivity contribution in [3.05, 3.63) is 65.0 Å². The van der Waals surface area contributed by atoms with Crippen LogP contribution in [0.1, 0.15) is 0 Å². The fourth-order valence-electron chi connectivity index (χ4n) is 1.82. The molecule has 1 aromatic carbocycles. The predicted octanol–water partition coefficient (Wildman–Crippen LogP) is 2.79. The molecule has 0 bridgehead atoms. The van der Waals surface area contributed by atoms with Crippen molar-refractivity contribution in [2.24, 2.45) is 0 Å². The van der Waals surface area contributed by atoms with Gasteiger partial charge >= 0.3 is 11.6 Å². The maximum absolute atomic E-state index is 10.9. The Morgan fingerprint density at radius 3 is 2.84 bits per heavy atom. The minimum Gasteiger partial charge on any atom is -0.347 e. The van der Waals surface area contributed by atoms with Gasteiger partial charge in [-0.2, -0.15) is 4.73 Å². The van der Waals surface area contributed by atoms with Crippen LogP contribution < -0.4 is 4.84 Å². The molecule has 2 heterocycles. The van der Waals surface area contributed by atoms with Gasteiger partial charge in [-0.1, -0.05) is 18.2 Å². The van der Waals surface area contributed by atoms with E-state index >= 15 is 0 Å². The van der Waals surface area contributed by atoms with Crippen LogP contribution in [0, 0.1) is 10.1 Å². The van der Waals surface area contributed by atoms with Gasteiger partial charge in [-0.3, -0.25) is 10.1 Å². The van der Waals surface area contributed by atoms with Crippen LogP contribution in [0.5, 0.6) is 5.88 Å². The van der Waals surface area contributed by atoms with Crippen molar-refractivity contribution in [1.82, 2.24) is 9.71 Å². The molecule has 6 heteroatoms. The number of para-hydroxylation sites is 1. The second-order valence-corrected chi connectivity index (χ2v) is 3.88. The first kappa shape index (κ1) is 11.2. The third-order valence-corrected chi connectivity index (χ3v) is 2.70. The van der Waals surface area contributed by atoms with Crippen molar-refractivity contribution in [3.8, 4) is 5.88 Å². The van der Waals surface area contributed by atoms with Crippen molar-refractivity contribution in [2.45, 2.75) is 0 Å². The monoisotopic (exact) mass is 255 g/mol. The SMILES string of the molecule is O=[N+]([O-])c1cccnc1On1ccc2ccccc21. The molecule has 0 aliphatic carbocycles. The van der Waals surface area contributed by atoms with Gasteiger partial charge in [-0.05, 0) is 18.2 Å². The van der Waals surface area contributed by atoms with Crippen LogP contribution in [0.3, 0.4) is 0 Å². The largest absolute Gasteiger partial charge is 0.347 e. The smallest absolute Gasteiger partial charge is 0.333 e. The number of nitrogens with zero attached hydrogens (tertiary/aromatic N) is 3. The van der Waals surface area contributed by atoms with Gasteiger partial charge in [0, 0.05) is 23.8 Å². The molecule has 0 amide bonds. The summed E-state index contributed by atoms with van der Waals surface area (Å²) in [5.74, 6) is -0.0335. The topological polar surface area (TPSA) is 70.2 Å². The highest BCUT2D eigenvalue weighted by Crippen LogP contribution is 2.25. The van der Waals surface area contributed by atoms with Crippen molar-refractivity contribution in [1.29, 1.82) is 0 Å². The van der Waals surface area contributed by atoms with E-state index in [2.05, 4.69) is 4.98 Å². The second-order valence-electron chi connectivity index (χ2n) is 3.88. The van der Waals surface area contributed by atoms with E-state index in [0.29, 0.717) is 0 Å². The number of benzene rings is 1. The summed E-state index contributed by atoms with van der Waals surface area (Å²) in [5, 5.41) is 11.9. The molecule has 0 unspecified atom stereocenters. The summed E-state index contributed by atoms with van der Waals surface area (Å²) in [6.07, 6.45) is 3.15. The molecule has 3 rings (SSSR count). The maximum Gasteiger partial charge on any atom is 0.333 e. The summed E-state index contributed by atoms with van der Waals surface area (Å²) in [6, 6.07) is 12.3. The normalized spacial score (nSPS) is 10.5. The molecule has 0 spiro atoms. The first-order valence-corrected chi connectivity index (χ1v) is 5.59. The number of hydrogen-bond donors (Lipinski definition) is 0. The minimum absolute atomic E-state index is 0.0335. The molecular formula is C13H9N3O3. The number of fused-ring (bicyclic) bond motifs is 1. The molecule has 0 saturated heterocycles. The summed E-state index contributed by atoms with van der Waals surface area (Å²) < 4.78 is 1.46. The van der Waals surface area contributed by atoms with E-state index in [1.54, 1.807) is 6.20 Å². The molecule has 0 atom stereocenters. The van der Waals surface area contributed by atoms with Gasteiger partial charge in [-0.25, -0.2) is 4.98 Å². The van der Waals surface area contributed by atoms with Crippen LogP contribution in [0.15, 0.2) is 54.9 Å². The lowest BCUT2D eigenvalue weighted by atomic mass is 10.3. The van der Waals surface area contributed by atoms with Gasteiger partial charge in [0.25, 0.3) is 0 Å². The van der Waals surface area contributed by atoms with Gasteiger partial charge in [0.2, 0.25) is 0 Å². The third kappa shape index (κ3) is 1.99. The first-order valence-electron chi connectivity index (χ1n) is 5.59. The van der Waals surface area contributed by atoms with E-state index in [0.717, 1.165) is 10.9 Å². The lowest BCUT2D eigenvalue weighted by Crippen LogP contribution is -2.06. The highest BCUT2D eigenvalue weighted by atomic mass is 16.7. The highest BCUT2D eigenvalue weighted by molar-refractivity contribution is 5.79. The van der Waals surface area contributed by atoms with Crippen LogP contribution in [0.2, 0.25) is 0 Å². The van der Waals surface area contributed by atoms with Crippen LogP contribution in [0.4, 0.5) is 5.69 Å².